The molecule has 0 fully saturated rings. The number of rotatable bonds is 11. The van der Waals surface area contributed by atoms with E-state index in [9.17, 15) is 9.59 Å². The number of benzene rings is 1. The number of carbonyl (C=O) groups excluding carboxylic acids is 2. The molecule has 0 bridgehead atoms. The van der Waals surface area contributed by atoms with E-state index in [1.54, 1.807) is 6.08 Å². The molecule has 1 aromatic carbocycles. The molecule has 4 heteroatoms. The third-order valence-corrected chi connectivity index (χ3v) is 5.52. The number of hydrogen-bond acceptors (Lipinski definition) is 3. The molecule has 0 radical (unpaired) electrons. The van der Waals surface area contributed by atoms with E-state index in [0.717, 1.165) is 55.3 Å². The predicted molar refractivity (Wildman–Crippen MR) is 121 cm³/mol. The summed E-state index contributed by atoms with van der Waals surface area (Å²) in [6.07, 6.45) is 9.63. The highest BCUT2D eigenvalue weighted by Crippen LogP contribution is 2.31. The molecule has 0 saturated heterocycles. The zero-order chi connectivity index (χ0) is 21.5. The molecule has 2 heterocycles. The van der Waals surface area contributed by atoms with Gasteiger partial charge in [0.05, 0.1) is 23.6 Å². The van der Waals surface area contributed by atoms with Gasteiger partial charge in [-0.3, -0.25) is 4.79 Å². The first-order valence-corrected chi connectivity index (χ1v) is 11.0. The maximum atomic E-state index is 13.3. The monoisotopic (exact) mass is 405 g/mol. The summed E-state index contributed by atoms with van der Waals surface area (Å²) in [6.45, 7) is 8.98. The summed E-state index contributed by atoms with van der Waals surface area (Å²) >= 11 is 0. The van der Waals surface area contributed by atoms with E-state index >= 15 is 0 Å². The van der Waals surface area contributed by atoms with Gasteiger partial charge in [-0.15, -0.1) is 0 Å². The number of fused-ring (bicyclic) bond motifs is 1. The van der Waals surface area contributed by atoms with Gasteiger partial charge in [0.15, 0.2) is 0 Å². The molecule has 3 rings (SSSR count). The van der Waals surface area contributed by atoms with Crippen molar-refractivity contribution < 1.29 is 14.3 Å². The molecule has 30 heavy (non-hydrogen) atoms. The minimum atomic E-state index is -0.292. The van der Waals surface area contributed by atoms with Gasteiger partial charge in [-0.2, -0.15) is 0 Å². The number of ketones is 1. The van der Waals surface area contributed by atoms with Gasteiger partial charge < -0.3 is 9.30 Å². The molecule has 0 saturated carbocycles. The lowest BCUT2D eigenvalue weighted by Crippen LogP contribution is -2.12. The number of esters is 1. The van der Waals surface area contributed by atoms with Crippen LogP contribution in [0.15, 0.2) is 43.0 Å². The molecule has 2 aromatic rings. The Hall–Kier alpha value is -2.88. The van der Waals surface area contributed by atoms with Gasteiger partial charge in [-0.05, 0) is 36.1 Å². The number of aryl methyl sites for hydroxylation is 1. The number of nitrogens with zero attached hydrogens (tertiary/aromatic N) is 1. The lowest BCUT2D eigenvalue weighted by molar-refractivity contribution is -0.136. The van der Waals surface area contributed by atoms with Crippen LogP contribution in [0.1, 0.15) is 78.8 Å². The minimum absolute atomic E-state index is 0.0112. The Morgan fingerprint density at radius 1 is 1.10 bits per heavy atom. The molecule has 1 aliphatic rings. The fourth-order valence-corrected chi connectivity index (χ4v) is 3.90. The first-order chi connectivity index (χ1) is 14.6. The van der Waals surface area contributed by atoms with Crippen molar-refractivity contribution in [1.29, 1.82) is 0 Å². The van der Waals surface area contributed by atoms with Gasteiger partial charge in [-0.1, -0.05) is 76.5 Å². The highest BCUT2D eigenvalue weighted by molar-refractivity contribution is 6.18. The number of ether oxygens (including phenoxy) is 1. The Morgan fingerprint density at radius 2 is 1.87 bits per heavy atom. The fraction of sp³-hybridized carbons (Fsp3) is 0.385. The first kappa shape index (κ1) is 21.8. The van der Waals surface area contributed by atoms with Crippen LogP contribution in [-0.4, -0.2) is 22.9 Å². The molecular formula is C26H31NO3. The molecule has 1 aromatic heterocycles. The Morgan fingerprint density at radius 3 is 2.53 bits per heavy atom. The summed E-state index contributed by atoms with van der Waals surface area (Å²) in [4.78, 5) is 26.0. The molecule has 1 aliphatic heterocycles. The zero-order valence-corrected chi connectivity index (χ0v) is 18.1. The van der Waals surface area contributed by atoms with Gasteiger partial charge in [0, 0.05) is 12.1 Å². The number of aromatic nitrogens is 1. The number of carbonyl (C=O) groups is 2. The second-order valence-electron chi connectivity index (χ2n) is 7.73. The zero-order valence-electron chi connectivity index (χ0n) is 18.1. The fourth-order valence-electron chi connectivity index (χ4n) is 3.90. The standard InChI is InChI=1S/C26H31NO3/c1-4-7-8-9-17-30-26(29)22-15-16-27-23(22)18-21(10-5-2)24(27)25(28)20-13-11-19(6-3)12-14-20/h6,11-15,18H,3-5,7-10,16-17H2,1-2H3. The smallest absolute Gasteiger partial charge is 0.339 e. The van der Waals surface area contributed by atoms with E-state index in [4.69, 9.17) is 4.74 Å². The van der Waals surface area contributed by atoms with Crippen LogP contribution >= 0.6 is 0 Å². The molecule has 0 atom stereocenters. The van der Waals surface area contributed by atoms with Crippen molar-refractivity contribution in [3.05, 3.63) is 71.1 Å². The van der Waals surface area contributed by atoms with Gasteiger partial charge in [0.25, 0.3) is 0 Å². The van der Waals surface area contributed by atoms with Crippen molar-refractivity contribution in [2.24, 2.45) is 0 Å². The summed E-state index contributed by atoms with van der Waals surface area (Å²) < 4.78 is 7.45. The van der Waals surface area contributed by atoms with Crippen molar-refractivity contribution in [2.75, 3.05) is 6.61 Å². The van der Waals surface area contributed by atoms with Crippen LogP contribution < -0.4 is 0 Å². The van der Waals surface area contributed by atoms with Crippen molar-refractivity contribution in [1.82, 2.24) is 4.57 Å². The van der Waals surface area contributed by atoms with Gasteiger partial charge >= 0.3 is 5.97 Å². The summed E-state index contributed by atoms with van der Waals surface area (Å²) in [5, 5.41) is 0. The van der Waals surface area contributed by atoms with E-state index in [0.29, 0.717) is 30.0 Å². The highest BCUT2D eigenvalue weighted by Gasteiger charge is 2.29. The third kappa shape index (κ3) is 4.64. The molecule has 0 unspecified atom stereocenters. The van der Waals surface area contributed by atoms with E-state index in [1.807, 2.05) is 41.0 Å². The Labute approximate surface area is 179 Å². The Kier molecular flexibility index (Phi) is 7.45. The molecule has 0 aliphatic carbocycles. The van der Waals surface area contributed by atoms with E-state index in [-0.39, 0.29) is 11.8 Å². The quantitative estimate of drug-likeness (QED) is 0.268. The van der Waals surface area contributed by atoms with E-state index in [1.165, 1.54) is 0 Å². The van der Waals surface area contributed by atoms with E-state index < -0.39 is 0 Å². The van der Waals surface area contributed by atoms with Crippen molar-refractivity contribution in [2.45, 2.75) is 58.9 Å². The SMILES string of the molecule is C=Cc1ccc(C(=O)c2c(CCC)cc3n2CC=C3C(=O)OCCCCCC)cc1. The second-order valence-corrected chi connectivity index (χ2v) is 7.73. The molecule has 4 nitrogen and oxygen atoms in total. The number of allylic oxidation sites excluding steroid dienone is 1. The Bertz CT molecular complexity index is 947. The summed E-state index contributed by atoms with van der Waals surface area (Å²) in [6, 6.07) is 9.46. The predicted octanol–water partition coefficient (Wildman–Crippen LogP) is 5.84. The van der Waals surface area contributed by atoms with Gasteiger partial charge in [0.1, 0.15) is 0 Å². The summed E-state index contributed by atoms with van der Waals surface area (Å²) in [7, 11) is 0. The summed E-state index contributed by atoms with van der Waals surface area (Å²) in [5.74, 6) is -0.303. The van der Waals surface area contributed by atoms with Crippen LogP contribution in [-0.2, 0) is 22.5 Å². The maximum absolute atomic E-state index is 13.3. The lowest BCUT2D eigenvalue weighted by atomic mass is 10.0. The average molecular weight is 406 g/mol. The molecule has 0 amide bonds. The third-order valence-electron chi connectivity index (χ3n) is 5.52. The first-order valence-electron chi connectivity index (χ1n) is 11.0. The Balaban J connectivity index is 1.82. The maximum Gasteiger partial charge on any atom is 0.339 e. The molecular weight excluding hydrogens is 374 g/mol. The van der Waals surface area contributed by atoms with Crippen molar-refractivity contribution in [3.63, 3.8) is 0 Å². The second kappa shape index (κ2) is 10.2. The van der Waals surface area contributed by atoms with Crippen LogP contribution in [0.2, 0.25) is 0 Å². The van der Waals surface area contributed by atoms with Gasteiger partial charge in [0.2, 0.25) is 5.78 Å². The highest BCUT2D eigenvalue weighted by atomic mass is 16.5. The van der Waals surface area contributed by atoms with E-state index in [2.05, 4.69) is 20.4 Å². The van der Waals surface area contributed by atoms with Crippen LogP contribution in [0.4, 0.5) is 0 Å². The number of hydrogen-bond donors (Lipinski definition) is 0. The van der Waals surface area contributed by atoms with Crippen molar-refractivity contribution >= 4 is 23.4 Å². The van der Waals surface area contributed by atoms with Crippen LogP contribution in [0.5, 0.6) is 0 Å². The molecule has 158 valence electrons. The number of unbranched alkanes of at least 4 members (excludes halogenated alkanes) is 3. The van der Waals surface area contributed by atoms with Gasteiger partial charge in [-0.25, -0.2) is 4.79 Å². The average Bonchev–Trinajstić information content (AvgIpc) is 3.32. The largest absolute Gasteiger partial charge is 0.462 e. The molecule has 0 N–H and O–H groups in total. The minimum Gasteiger partial charge on any atom is -0.462 e. The van der Waals surface area contributed by atoms with Crippen LogP contribution in [0, 0.1) is 0 Å². The van der Waals surface area contributed by atoms with Crippen molar-refractivity contribution in [3.8, 4) is 0 Å². The topological polar surface area (TPSA) is 48.3 Å². The molecule has 0 spiro atoms. The van der Waals surface area contributed by atoms with Crippen LogP contribution in [0.3, 0.4) is 0 Å². The van der Waals surface area contributed by atoms with Crippen LogP contribution in [0.25, 0.3) is 11.6 Å². The normalized spacial score (nSPS) is 12.4. The summed E-state index contributed by atoms with van der Waals surface area (Å²) in [5.41, 5.74) is 4.66. The lowest BCUT2D eigenvalue weighted by Gasteiger charge is -2.09.